The molecule has 0 aliphatic carbocycles. The van der Waals surface area contributed by atoms with Crippen LogP contribution in [0.15, 0.2) is 97.4 Å². The first-order chi connectivity index (χ1) is 15.6. The number of likely N-dealkylation sites (tertiary alicyclic amines) is 1. The molecule has 1 saturated heterocycles. The Hall–Kier alpha value is -4.19. The maximum Gasteiger partial charge on any atom is 0.295 e. The van der Waals surface area contributed by atoms with Crippen LogP contribution in [-0.2, 0) is 16.1 Å². The summed E-state index contributed by atoms with van der Waals surface area (Å²) in [5.74, 6) is -0.949. The highest BCUT2D eigenvalue weighted by atomic mass is 16.5. The van der Waals surface area contributed by atoms with Gasteiger partial charge in [0.25, 0.3) is 11.7 Å². The Bertz CT molecular complexity index is 1160. The zero-order chi connectivity index (χ0) is 22.5. The minimum Gasteiger partial charge on any atom is -0.507 e. The number of carbonyl (C=O) groups is 2. The van der Waals surface area contributed by atoms with Gasteiger partial charge < -0.3 is 14.7 Å². The molecule has 4 rings (SSSR count). The molecule has 1 amide bonds. The number of Topliss-reactive ketones (excluding diaryl/α,β-unsaturated/α-hetero) is 1. The van der Waals surface area contributed by atoms with Gasteiger partial charge in [-0.05, 0) is 35.4 Å². The van der Waals surface area contributed by atoms with Gasteiger partial charge in [0, 0.05) is 24.5 Å². The second-order valence-corrected chi connectivity index (χ2v) is 7.32. The number of aliphatic hydroxyl groups is 1. The lowest BCUT2D eigenvalue weighted by molar-refractivity contribution is -0.140. The Morgan fingerprint density at radius 1 is 1.03 bits per heavy atom. The molecule has 0 spiro atoms. The van der Waals surface area contributed by atoms with E-state index >= 15 is 0 Å². The number of carbonyl (C=O) groups excluding carboxylic acids is 2. The highest BCUT2D eigenvalue weighted by Crippen LogP contribution is 2.40. The van der Waals surface area contributed by atoms with Crippen LogP contribution < -0.4 is 4.74 Å². The van der Waals surface area contributed by atoms with Crippen LogP contribution in [-0.4, -0.2) is 33.3 Å². The fraction of sp³-hybridized carbons (Fsp3) is 0.115. The van der Waals surface area contributed by atoms with Crippen molar-refractivity contribution in [3.05, 3.63) is 114 Å². The van der Waals surface area contributed by atoms with Crippen molar-refractivity contribution < 1.29 is 19.4 Å². The van der Waals surface area contributed by atoms with Crippen molar-refractivity contribution in [2.24, 2.45) is 0 Å². The van der Waals surface area contributed by atoms with E-state index in [1.807, 2.05) is 30.3 Å². The van der Waals surface area contributed by atoms with E-state index in [4.69, 9.17) is 4.74 Å². The van der Waals surface area contributed by atoms with Crippen molar-refractivity contribution in [1.29, 1.82) is 0 Å². The number of benzene rings is 2. The Morgan fingerprint density at radius 3 is 2.38 bits per heavy atom. The number of hydrogen-bond acceptors (Lipinski definition) is 5. The molecule has 6 nitrogen and oxygen atoms in total. The van der Waals surface area contributed by atoms with Crippen molar-refractivity contribution in [3.8, 4) is 5.75 Å². The van der Waals surface area contributed by atoms with E-state index in [0.717, 1.165) is 5.56 Å². The van der Waals surface area contributed by atoms with Gasteiger partial charge in [-0.3, -0.25) is 14.6 Å². The summed E-state index contributed by atoms with van der Waals surface area (Å²) in [5, 5.41) is 11.0. The average Bonchev–Trinajstić information content (AvgIpc) is 3.08. The first-order valence-corrected chi connectivity index (χ1v) is 10.2. The molecule has 1 aromatic heterocycles. The number of nitrogens with zero attached hydrogens (tertiary/aromatic N) is 2. The van der Waals surface area contributed by atoms with Crippen molar-refractivity contribution in [2.45, 2.75) is 12.6 Å². The van der Waals surface area contributed by atoms with Crippen LogP contribution in [0.5, 0.6) is 5.75 Å². The molecule has 32 heavy (non-hydrogen) atoms. The number of aromatic nitrogens is 1. The maximum absolute atomic E-state index is 13.1. The van der Waals surface area contributed by atoms with Crippen LogP contribution in [0.3, 0.4) is 0 Å². The van der Waals surface area contributed by atoms with E-state index in [1.165, 1.54) is 17.3 Å². The van der Waals surface area contributed by atoms with E-state index < -0.39 is 17.7 Å². The molecule has 1 aliphatic heterocycles. The molecule has 1 atom stereocenters. The molecule has 160 valence electrons. The van der Waals surface area contributed by atoms with Gasteiger partial charge in [-0.1, -0.05) is 55.1 Å². The zero-order valence-electron chi connectivity index (χ0n) is 17.3. The van der Waals surface area contributed by atoms with Gasteiger partial charge >= 0.3 is 0 Å². The molecule has 2 aromatic carbocycles. The number of pyridine rings is 1. The minimum absolute atomic E-state index is 0.0527. The highest BCUT2D eigenvalue weighted by Gasteiger charge is 2.46. The molecule has 0 saturated carbocycles. The van der Waals surface area contributed by atoms with Crippen LogP contribution in [0.4, 0.5) is 0 Å². The molecule has 1 aliphatic rings. The van der Waals surface area contributed by atoms with E-state index in [0.29, 0.717) is 23.5 Å². The number of amides is 1. The topological polar surface area (TPSA) is 79.7 Å². The smallest absolute Gasteiger partial charge is 0.295 e. The Morgan fingerprint density at radius 2 is 1.72 bits per heavy atom. The van der Waals surface area contributed by atoms with Crippen LogP contribution in [0, 0.1) is 0 Å². The summed E-state index contributed by atoms with van der Waals surface area (Å²) in [5.41, 5.74) is 2.06. The number of ketones is 1. The van der Waals surface area contributed by atoms with Gasteiger partial charge in [0.15, 0.2) is 0 Å². The van der Waals surface area contributed by atoms with E-state index in [9.17, 15) is 14.7 Å². The molecule has 1 unspecified atom stereocenters. The zero-order valence-corrected chi connectivity index (χ0v) is 17.3. The van der Waals surface area contributed by atoms with Crippen LogP contribution in [0.1, 0.15) is 22.7 Å². The van der Waals surface area contributed by atoms with Gasteiger partial charge in [-0.15, -0.1) is 0 Å². The molecular formula is C26H22N2O4. The SMILES string of the molecule is C=CCOc1ccc(C2C(=C(O)c3ccncc3)C(=O)C(=O)N2Cc2ccccc2)cc1. The van der Waals surface area contributed by atoms with Gasteiger partial charge in [0.2, 0.25) is 0 Å². The molecule has 1 N–H and O–H groups in total. The van der Waals surface area contributed by atoms with Crippen LogP contribution in [0.25, 0.3) is 5.76 Å². The van der Waals surface area contributed by atoms with E-state index in [2.05, 4.69) is 11.6 Å². The van der Waals surface area contributed by atoms with Gasteiger partial charge in [-0.25, -0.2) is 0 Å². The lowest BCUT2D eigenvalue weighted by Crippen LogP contribution is -2.29. The largest absolute Gasteiger partial charge is 0.507 e. The van der Waals surface area contributed by atoms with Crippen molar-refractivity contribution >= 4 is 17.4 Å². The maximum atomic E-state index is 13.1. The standard InChI is InChI=1S/C26H22N2O4/c1-2-16-32-21-10-8-19(9-11-21)23-22(24(29)20-12-14-27-15-13-20)25(30)26(31)28(23)17-18-6-4-3-5-7-18/h2-15,23,29H,1,16-17H2. The third kappa shape index (κ3) is 4.16. The van der Waals surface area contributed by atoms with E-state index in [-0.39, 0.29) is 17.9 Å². The lowest BCUT2D eigenvalue weighted by atomic mass is 9.95. The first kappa shape index (κ1) is 21.1. The summed E-state index contributed by atoms with van der Waals surface area (Å²) < 4.78 is 5.55. The van der Waals surface area contributed by atoms with Crippen molar-refractivity contribution in [2.75, 3.05) is 6.61 Å². The fourth-order valence-corrected chi connectivity index (χ4v) is 3.74. The number of aliphatic hydroxyl groups excluding tert-OH is 1. The second-order valence-electron chi connectivity index (χ2n) is 7.32. The van der Waals surface area contributed by atoms with Gasteiger partial charge in [0.05, 0.1) is 11.6 Å². The van der Waals surface area contributed by atoms with E-state index in [1.54, 1.807) is 42.5 Å². The number of ether oxygens (including phenoxy) is 1. The fourth-order valence-electron chi connectivity index (χ4n) is 3.74. The molecule has 2 heterocycles. The quantitative estimate of drug-likeness (QED) is 0.264. The van der Waals surface area contributed by atoms with Gasteiger partial charge in [-0.2, -0.15) is 0 Å². The summed E-state index contributed by atoms with van der Waals surface area (Å²) in [6.07, 6.45) is 4.70. The normalized spacial score (nSPS) is 17.4. The Balaban J connectivity index is 1.80. The predicted octanol–water partition coefficient (Wildman–Crippen LogP) is 4.27. The highest BCUT2D eigenvalue weighted by molar-refractivity contribution is 6.46. The van der Waals surface area contributed by atoms with Crippen molar-refractivity contribution in [1.82, 2.24) is 9.88 Å². The lowest BCUT2D eigenvalue weighted by Gasteiger charge is -2.25. The Kier molecular flexibility index (Phi) is 6.12. The summed E-state index contributed by atoms with van der Waals surface area (Å²) in [6, 6.07) is 19.0. The van der Waals surface area contributed by atoms with Crippen LogP contribution >= 0.6 is 0 Å². The molecule has 6 heteroatoms. The summed E-state index contributed by atoms with van der Waals surface area (Å²) in [4.78, 5) is 31.5. The molecular weight excluding hydrogens is 404 g/mol. The molecule has 0 bridgehead atoms. The monoisotopic (exact) mass is 426 g/mol. The minimum atomic E-state index is -0.739. The Labute approximate surface area is 186 Å². The average molecular weight is 426 g/mol. The molecule has 1 fully saturated rings. The summed E-state index contributed by atoms with van der Waals surface area (Å²) in [6.45, 7) is 4.24. The van der Waals surface area contributed by atoms with Crippen LogP contribution in [0.2, 0.25) is 0 Å². The van der Waals surface area contributed by atoms with Crippen molar-refractivity contribution in [3.63, 3.8) is 0 Å². The number of hydrogen-bond donors (Lipinski definition) is 1. The molecule has 3 aromatic rings. The summed E-state index contributed by atoms with van der Waals surface area (Å²) >= 11 is 0. The molecule has 0 radical (unpaired) electrons. The first-order valence-electron chi connectivity index (χ1n) is 10.2. The number of rotatable bonds is 7. The summed E-state index contributed by atoms with van der Waals surface area (Å²) in [7, 11) is 0. The third-order valence-electron chi connectivity index (χ3n) is 5.25. The van der Waals surface area contributed by atoms with Gasteiger partial charge in [0.1, 0.15) is 18.1 Å². The predicted molar refractivity (Wildman–Crippen MR) is 121 cm³/mol. The third-order valence-corrected chi connectivity index (χ3v) is 5.25. The second kappa shape index (κ2) is 9.31.